The maximum atomic E-state index is 13.6. The molecule has 0 radical (unpaired) electrons. The highest BCUT2D eigenvalue weighted by Gasteiger charge is 2.34. The van der Waals surface area contributed by atoms with Gasteiger partial charge in [-0.3, -0.25) is 0 Å². The van der Waals surface area contributed by atoms with Crippen molar-refractivity contribution in [3.8, 4) is 0 Å². The summed E-state index contributed by atoms with van der Waals surface area (Å²) >= 11 is 5.74. The van der Waals surface area contributed by atoms with Crippen LogP contribution in [-0.4, -0.2) is 61.0 Å². The second-order valence-corrected chi connectivity index (χ2v) is 11.9. The van der Waals surface area contributed by atoms with Crippen molar-refractivity contribution >= 4 is 34.9 Å². The maximum absolute atomic E-state index is 13.6. The summed E-state index contributed by atoms with van der Waals surface area (Å²) in [6.45, 7) is 10.7. The first-order valence-corrected chi connectivity index (χ1v) is 14.6. The zero-order valence-electron chi connectivity index (χ0n) is 22.7. The lowest BCUT2D eigenvalue weighted by Gasteiger charge is -2.38. The Balaban J connectivity index is 1.33. The molecular weight excluding hydrogens is 499 g/mol. The van der Waals surface area contributed by atoms with Crippen LogP contribution in [0.25, 0.3) is 0 Å². The van der Waals surface area contributed by atoms with E-state index in [0.29, 0.717) is 42.7 Å². The van der Waals surface area contributed by atoms with E-state index >= 15 is 0 Å². The van der Waals surface area contributed by atoms with Gasteiger partial charge in [-0.1, -0.05) is 26.0 Å². The van der Waals surface area contributed by atoms with Crippen molar-refractivity contribution in [1.29, 1.82) is 0 Å². The van der Waals surface area contributed by atoms with E-state index in [4.69, 9.17) is 26.9 Å². The van der Waals surface area contributed by atoms with Gasteiger partial charge in [0.05, 0.1) is 0 Å². The molecule has 0 amide bonds. The van der Waals surface area contributed by atoms with Crippen LogP contribution in [0, 0.1) is 17.7 Å². The standard InChI is InChI=1S/C29H41FN6OS/c1-21-5-3-13-35(18-21)25-17-26(36-14-4-6-22(2)19-36)33-27(32-25)34-28(38)31-20-29(11-15-37-16-12-29)23-7-9-24(30)10-8-23/h7-10,17,21-22H,3-6,11-16,18-20H2,1-2H3,(H2,31,32,33,34,38)/t21-,22-/m0/s1. The fourth-order valence-electron chi connectivity index (χ4n) is 6.13. The van der Waals surface area contributed by atoms with Crippen LogP contribution in [0.1, 0.15) is 57.9 Å². The monoisotopic (exact) mass is 540 g/mol. The molecule has 1 aromatic heterocycles. The van der Waals surface area contributed by atoms with Crippen LogP contribution in [0.4, 0.5) is 22.0 Å². The Labute approximate surface area is 231 Å². The molecule has 7 nitrogen and oxygen atoms in total. The van der Waals surface area contributed by atoms with Crippen LogP contribution in [0.2, 0.25) is 0 Å². The summed E-state index contributed by atoms with van der Waals surface area (Å²) in [5, 5.41) is 7.23. The van der Waals surface area contributed by atoms with Crippen LogP contribution in [0.15, 0.2) is 30.3 Å². The van der Waals surface area contributed by atoms with Gasteiger partial charge >= 0.3 is 0 Å². The molecule has 0 unspecified atom stereocenters. The highest BCUT2D eigenvalue weighted by molar-refractivity contribution is 7.80. The molecule has 3 saturated heterocycles. The van der Waals surface area contributed by atoms with E-state index in [-0.39, 0.29) is 11.2 Å². The van der Waals surface area contributed by atoms with E-state index in [9.17, 15) is 4.39 Å². The quantitative estimate of drug-likeness (QED) is 0.490. The Morgan fingerprint density at radius 1 is 1.00 bits per heavy atom. The van der Waals surface area contributed by atoms with Gasteiger partial charge in [-0.2, -0.15) is 9.97 Å². The number of rotatable bonds is 6. The van der Waals surface area contributed by atoms with Crippen molar-refractivity contribution in [3.05, 3.63) is 41.7 Å². The second-order valence-electron chi connectivity index (χ2n) is 11.5. The highest BCUT2D eigenvalue weighted by Crippen LogP contribution is 2.34. The normalized spacial score (nSPS) is 23.7. The third-order valence-corrected chi connectivity index (χ3v) is 8.63. The molecule has 1 aromatic carbocycles. The van der Waals surface area contributed by atoms with E-state index in [1.54, 1.807) is 0 Å². The summed E-state index contributed by atoms with van der Waals surface area (Å²) in [5.41, 5.74) is 0.941. The average molecular weight is 541 g/mol. The number of ether oxygens (including phenoxy) is 1. The number of hydrogen-bond donors (Lipinski definition) is 2. The average Bonchev–Trinajstić information content (AvgIpc) is 2.93. The number of nitrogens with one attached hydrogen (secondary N) is 2. The van der Waals surface area contributed by atoms with E-state index < -0.39 is 0 Å². The molecule has 2 aromatic rings. The second kappa shape index (κ2) is 12.1. The predicted octanol–water partition coefficient (Wildman–Crippen LogP) is 5.12. The Morgan fingerprint density at radius 2 is 1.58 bits per heavy atom. The number of thiocarbonyl (C=S) groups is 1. The van der Waals surface area contributed by atoms with Crippen molar-refractivity contribution in [2.75, 3.05) is 61.1 Å². The Morgan fingerprint density at radius 3 is 2.13 bits per heavy atom. The first-order valence-electron chi connectivity index (χ1n) is 14.2. The summed E-state index contributed by atoms with van der Waals surface area (Å²) < 4.78 is 19.3. The van der Waals surface area contributed by atoms with E-state index in [1.807, 2.05) is 12.1 Å². The summed E-state index contributed by atoms with van der Waals surface area (Å²) in [5.74, 6) is 3.56. The molecule has 2 atom stereocenters. The minimum atomic E-state index is -0.222. The van der Waals surface area contributed by atoms with E-state index in [1.165, 1.54) is 37.8 Å². The van der Waals surface area contributed by atoms with Gasteiger partial charge in [-0.15, -0.1) is 0 Å². The topological polar surface area (TPSA) is 65.5 Å². The molecule has 206 valence electrons. The van der Waals surface area contributed by atoms with Crippen LogP contribution in [0.3, 0.4) is 0 Å². The largest absolute Gasteiger partial charge is 0.381 e. The van der Waals surface area contributed by atoms with Gasteiger partial charge in [0, 0.05) is 57.4 Å². The number of benzene rings is 1. The molecule has 0 aliphatic carbocycles. The van der Waals surface area contributed by atoms with Crippen LogP contribution < -0.4 is 20.4 Å². The molecule has 0 spiro atoms. The maximum Gasteiger partial charge on any atom is 0.232 e. The zero-order valence-corrected chi connectivity index (χ0v) is 23.5. The first kappa shape index (κ1) is 27.1. The lowest BCUT2D eigenvalue weighted by atomic mass is 9.74. The van der Waals surface area contributed by atoms with Gasteiger partial charge in [-0.25, -0.2) is 4.39 Å². The van der Waals surface area contributed by atoms with Crippen molar-refractivity contribution in [2.24, 2.45) is 11.8 Å². The first-order chi connectivity index (χ1) is 18.4. The SMILES string of the molecule is C[C@H]1CCCN(c2cc(N3CCC[C@H](C)C3)nc(NC(=S)NCC3(c4ccc(F)cc4)CCOCC3)n2)C1. The summed E-state index contributed by atoms with van der Waals surface area (Å²) in [4.78, 5) is 14.6. The van der Waals surface area contributed by atoms with Crippen LogP contribution in [0.5, 0.6) is 0 Å². The smallest absolute Gasteiger partial charge is 0.232 e. The number of anilines is 3. The van der Waals surface area contributed by atoms with E-state index in [0.717, 1.165) is 56.2 Å². The highest BCUT2D eigenvalue weighted by atomic mass is 32.1. The summed E-state index contributed by atoms with van der Waals surface area (Å²) in [6, 6.07) is 9.00. The van der Waals surface area contributed by atoms with Crippen molar-refractivity contribution in [1.82, 2.24) is 15.3 Å². The van der Waals surface area contributed by atoms with E-state index in [2.05, 4.69) is 40.3 Å². The zero-order chi connectivity index (χ0) is 26.5. The van der Waals surface area contributed by atoms with Gasteiger partial charge < -0.3 is 25.2 Å². The molecule has 0 saturated carbocycles. The Kier molecular flexibility index (Phi) is 8.63. The Hall–Kier alpha value is -2.52. The molecule has 2 N–H and O–H groups in total. The van der Waals surface area contributed by atoms with Gasteiger partial charge in [-0.05, 0) is 80.3 Å². The van der Waals surface area contributed by atoms with Crippen molar-refractivity contribution in [3.63, 3.8) is 0 Å². The number of piperidine rings is 2. The number of nitrogens with zero attached hydrogens (tertiary/aromatic N) is 4. The third-order valence-electron chi connectivity index (χ3n) is 8.38. The van der Waals surface area contributed by atoms with Crippen LogP contribution in [-0.2, 0) is 10.2 Å². The predicted molar refractivity (Wildman–Crippen MR) is 156 cm³/mol. The van der Waals surface area contributed by atoms with Gasteiger partial charge in [0.25, 0.3) is 0 Å². The molecule has 9 heteroatoms. The molecule has 5 rings (SSSR count). The number of hydrogen-bond acceptors (Lipinski definition) is 6. The third kappa shape index (κ3) is 6.54. The molecule has 4 heterocycles. The van der Waals surface area contributed by atoms with Gasteiger partial charge in [0.1, 0.15) is 17.5 Å². The number of halogens is 1. The fraction of sp³-hybridized carbons (Fsp3) is 0.621. The molecule has 3 aliphatic rings. The van der Waals surface area contributed by atoms with Gasteiger partial charge in [0.2, 0.25) is 5.95 Å². The Bertz CT molecular complexity index is 1050. The minimum absolute atomic E-state index is 0.167. The molecule has 38 heavy (non-hydrogen) atoms. The number of aromatic nitrogens is 2. The molecule has 3 fully saturated rings. The molecule has 3 aliphatic heterocycles. The van der Waals surface area contributed by atoms with Crippen LogP contribution >= 0.6 is 12.2 Å². The summed E-state index contributed by atoms with van der Waals surface area (Å²) in [7, 11) is 0. The fourth-order valence-corrected chi connectivity index (χ4v) is 6.29. The minimum Gasteiger partial charge on any atom is -0.381 e. The lowest BCUT2D eigenvalue weighted by molar-refractivity contribution is 0.0515. The lowest BCUT2D eigenvalue weighted by Crippen LogP contribution is -2.45. The molecular formula is C29H41FN6OS. The summed E-state index contributed by atoms with van der Waals surface area (Å²) in [6.07, 6.45) is 6.59. The molecule has 0 bridgehead atoms. The van der Waals surface area contributed by atoms with Crippen molar-refractivity contribution in [2.45, 2.75) is 57.8 Å². The van der Waals surface area contributed by atoms with Crippen molar-refractivity contribution < 1.29 is 9.13 Å². The van der Waals surface area contributed by atoms with Gasteiger partial charge in [0.15, 0.2) is 5.11 Å².